The van der Waals surface area contributed by atoms with Crippen molar-refractivity contribution in [3.05, 3.63) is 35.4 Å². The van der Waals surface area contributed by atoms with Crippen molar-refractivity contribution in [2.45, 2.75) is 45.3 Å². The summed E-state index contributed by atoms with van der Waals surface area (Å²) in [6.07, 6.45) is 2.61. The van der Waals surface area contributed by atoms with E-state index in [0.717, 1.165) is 36.9 Å². The number of carbonyl (C=O) groups is 2. The minimum absolute atomic E-state index is 0.0328. The molecule has 1 saturated carbocycles. The highest BCUT2D eigenvalue weighted by molar-refractivity contribution is 6.03. The van der Waals surface area contributed by atoms with Crippen LogP contribution in [0.1, 0.15) is 61.2 Å². The van der Waals surface area contributed by atoms with Crippen LogP contribution >= 0.6 is 0 Å². The first-order chi connectivity index (χ1) is 15.3. The van der Waals surface area contributed by atoms with E-state index in [9.17, 15) is 9.59 Å². The van der Waals surface area contributed by atoms with E-state index >= 15 is 0 Å². The molecule has 0 radical (unpaired) electrons. The maximum atomic E-state index is 12.2. The van der Waals surface area contributed by atoms with Crippen LogP contribution in [0.15, 0.2) is 24.3 Å². The molecule has 4 N–H and O–H groups in total. The normalized spacial score (nSPS) is 22.8. The van der Waals surface area contributed by atoms with Crippen molar-refractivity contribution in [3.63, 3.8) is 0 Å². The summed E-state index contributed by atoms with van der Waals surface area (Å²) in [4.78, 5) is 26.1. The minimum atomic E-state index is -0.595. The zero-order valence-corrected chi connectivity index (χ0v) is 18.7. The largest absolute Gasteiger partial charge is 0.383 e. The summed E-state index contributed by atoms with van der Waals surface area (Å²) in [5.41, 5.74) is 14.6. The van der Waals surface area contributed by atoms with Crippen molar-refractivity contribution < 1.29 is 14.3 Å². The quantitative estimate of drug-likeness (QED) is 0.700. The van der Waals surface area contributed by atoms with Crippen LogP contribution in [0.5, 0.6) is 0 Å². The highest BCUT2D eigenvalue weighted by Crippen LogP contribution is 2.54. The van der Waals surface area contributed by atoms with Crippen LogP contribution in [0.25, 0.3) is 11.3 Å². The summed E-state index contributed by atoms with van der Waals surface area (Å²) >= 11 is 0. The van der Waals surface area contributed by atoms with Crippen LogP contribution in [0.4, 0.5) is 5.82 Å². The Bertz CT molecular complexity index is 1100. The summed E-state index contributed by atoms with van der Waals surface area (Å²) in [7, 11) is 1.66. The number of hydrogen-bond donors (Lipinski definition) is 2. The van der Waals surface area contributed by atoms with Crippen LogP contribution in [-0.4, -0.2) is 46.7 Å². The van der Waals surface area contributed by atoms with Crippen molar-refractivity contribution in [1.29, 1.82) is 0 Å². The zero-order valence-electron chi connectivity index (χ0n) is 18.7. The van der Waals surface area contributed by atoms with Gasteiger partial charge in [-0.3, -0.25) is 9.59 Å². The highest BCUT2D eigenvalue weighted by atomic mass is 16.5. The smallest absolute Gasteiger partial charge is 0.298 e. The number of likely N-dealkylation sites (tertiary alicyclic amines) is 1. The molecule has 1 atom stereocenters. The first-order valence-corrected chi connectivity index (χ1v) is 10.8. The van der Waals surface area contributed by atoms with E-state index in [-0.39, 0.29) is 29.0 Å². The van der Waals surface area contributed by atoms with E-state index in [1.807, 2.05) is 36.1 Å². The van der Waals surface area contributed by atoms with Crippen LogP contribution in [0.3, 0.4) is 0 Å². The molecule has 2 fully saturated rings. The Balaban J connectivity index is 1.56. The Morgan fingerprint density at radius 3 is 2.56 bits per heavy atom. The Kier molecular flexibility index (Phi) is 5.70. The molecule has 0 bridgehead atoms. The van der Waals surface area contributed by atoms with Gasteiger partial charge in [-0.1, -0.05) is 30.2 Å². The molecule has 1 saturated heterocycles. The van der Waals surface area contributed by atoms with Gasteiger partial charge in [0.15, 0.2) is 0 Å². The second-order valence-corrected chi connectivity index (χ2v) is 8.83. The molecule has 1 aromatic carbocycles. The van der Waals surface area contributed by atoms with Crippen molar-refractivity contribution in [1.82, 2.24) is 14.7 Å². The van der Waals surface area contributed by atoms with Gasteiger partial charge in [-0.2, -0.15) is 5.10 Å². The molecule has 1 aromatic heterocycles. The number of benzene rings is 1. The predicted octanol–water partition coefficient (Wildman–Crippen LogP) is 2.52. The molecule has 8 nitrogen and oxygen atoms in total. The number of ether oxygens (including phenoxy) is 1. The van der Waals surface area contributed by atoms with E-state index in [0.29, 0.717) is 18.1 Å². The molecular formula is C24H29N5O3. The average Bonchev–Trinajstić information content (AvgIpc) is 3.34. The molecule has 1 aliphatic heterocycles. The third-order valence-electron chi connectivity index (χ3n) is 6.84. The number of rotatable bonds is 5. The van der Waals surface area contributed by atoms with E-state index in [4.69, 9.17) is 21.3 Å². The van der Waals surface area contributed by atoms with Gasteiger partial charge in [0.05, 0.1) is 12.1 Å². The summed E-state index contributed by atoms with van der Waals surface area (Å²) < 4.78 is 7.10. The van der Waals surface area contributed by atoms with Gasteiger partial charge < -0.3 is 21.1 Å². The van der Waals surface area contributed by atoms with Crippen LogP contribution in [0.2, 0.25) is 0 Å². The molecule has 1 unspecified atom stereocenters. The van der Waals surface area contributed by atoms with E-state index in [1.54, 1.807) is 18.7 Å². The standard InChI is InChI=1S/C24H29N5O3/c1-4-5-19(30)28-11-10-24(14-28)12-18(13-24)29-22(25)20(23(26)31)21(27-29)17-8-6-16(7-9-17)15(2)32-3/h6-9,15,18H,10-14,25H2,1-3H3,(H2,26,31)/t15?,18-,24-. The lowest BCUT2D eigenvalue weighted by molar-refractivity contribution is -0.125. The molecule has 1 spiro atoms. The second-order valence-electron chi connectivity index (χ2n) is 8.83. The van der Waals surface area contributed by atoms with Crippen LogP contribution in [-0.2, 0) is 9.53 Å². The maximum absolute atomic E-state index is 12.2. The summed E-state index contributed by atoms with van der Waals surface area (Å²) in [5, 5.41) is 4.71. The van der Waals surface area contributed by atoms with Crippen molar-refractivity contribution in [2.24, 2.45) is 11.1 Å². The molecule has 32 heavy (non-hydrogen) atoms. The van der Waals surface area contributed by atoms with Gasteiger partial charge in [0.25, 0.3) is 11.8 Å². The topological polar surface area (TPSA) is 116 Å². The second kappa shape index (κ2) is 8.32. The molecular weight excluding hydrogens is 406 g/mol. The number of anilines is 1. The van der Waals surface area contributed by atoms with E-state index < -0.39 is 5.91 Å². The number of amides is 2. The Labute approximate surface area is 187 Å². The number of nitrogens with zero attached hydrogens (tertiary/aromatic N) is 3. The average molecular weight is 436 g/mol. The third-order valence-corrected chi connectivity index (χ3v) is 6.84. The lowest BCUT2D eigenvalue weighted by Gasteiger charge is -2.45. The SMILES string of the molecule is CC#CC(=O)N1CC[C@]2(C1)C[C@H](n1nc(-c3ccc(C(C)OC)cc3)c(C(N)=O)c1N)C2. The molecule has 168 valence electrons. The highest BCUT2D eigenvalue weighted by Gasteiger charge is 2.51. The van der Waals surface area contributed by atoms with Crippen molar-refractivity contribution in [2.75, 3.05) is 25.9 Å². The number of methoxy groups -OCH3 is 1. The molecule has 8 heteroatoms. The number of hydrogen-bond acceptors (Lipinski definition) is 5. The summed E-state index contributed by atoms with van der Waals surface area (Å²) in [6, 6.07) is 7.78. The van der Waals surface area contributed by atoms with Gasteiger partial charge >= 0.3 is 0 Å². The molecule has 2 amide bonds. The fourth-order valence-electron chi connectivity index (χ4n) is 4.96. The monoisotopic (exact) mass is 435 g/mol. The number of aromatic nitrogens is 2. The summed E-state index contributed by atoms with van der Waals surface area (Å²) in [6.45, 7) is 5.06. The van der Waals surface area contributed by atoms with E-state index in [1.165, 1.54) is 0 Å². The number of nitrogen functional groups attached to an aromatic ring is 1. The van der Waals surface area contributed by atoms with Crippen molar-refractivity contribution >= 4 is 17.6 Å². The Morgan fingerprint density at radius 2 is 1.97 bits per heavy atom. The number of primary amides is 1. The van der Waals surface area contributed by atoms with Gasteiger partial charge in [0.1, 0.15) is 17.1 Å². The van der Waals surface area contributed by atoms with Gasteiger partial charge in [-0.25, -0.2) is 4.68 Å². The molecule has 2 heterocycles. The first-order valence-electron chi connectivity index (χ1n) is 10.8. The molecule has 2 aromatic rings. The summed E-state index contributed by atoms with van der Waals surface area (Å²) in [5.74, 6) is 4.88. The fraction of sp³-hybridized carbons (Fsp3) is 0.458. The number of carbonyl (C=O) groups excluding carboxylic acids is 2. The van der Waals surface area contributed by atoms with Gasteiger partial charge in [-0.15, -0.1) is 0 Å². The molecule has 1 aliphatic carbocycles. The lowest BCUT2D eigenvalue weighted by Crippen LogP contribution is -2.42. The van der Waals surface area contributed by atoms with Crippen molar-refractivity contribution in [3.8, 4) is 23.1 Å². The van der Waals surface area contributed by atoms with Gasteiger partial charge in [-0.05, 0) is 50.0 Å². The predicted molar refractivity (Wildman–Crippen MR) is 121 cm³/mol. The minimum Gasteiger partial charge on any atom is -0.383 e. The van der Waals surface area contributed by atoms with Crippen LogP contribution < -0.4 is 11.5 Å². The first kappa shape index (κ1) is 21.9. The molecule has 4 rings (SSSR count). The van der Waals surface area contributed by atoms with Gasteiger partial charge in [0, 0.05) is 25.8 Å². The fourth-order valence-corrected chi connectivity index (χ4v) is 4.96. The Hall–Kier alpha value is -3.31. The van der Waals surface area contributed by atoms with Gasteiger partial charge in [0.2, 0.25) is 0 Å². The van der Waals surface area contributed by atoms with Crippen LogP contribution in [0, 0.1) is 17.3 Å². The third kappa shape index (κ3) is 3.73. The Morgan fingerprint density at radius 1 is 1.28 bits per heavy atom. The lowest BCUT2D eigenvalue weighted by atomic mass is 9.65. The maximum Gasteiger partial charge on any atom is 0.298 e. The van der Waals surface area contributed by atoms with E-state index in [2.05, 4.69) is 11.8 Å². The molecule has 2 aliphatic rings. The number of nitrogens with two attached hydrogens (primary N) is 2. The zero-order chi connectivity index (χ0) is 23.0.